The van der Waals surface area contributed by atoms with Gasteiger partial charge in [-0.25, -0.2) is 4.79 Å². The van der Waals surface area contributed by atoms with Gasteiger partial charge in [0.05, 0.1) is 16.7 Å². The van der Waals surface area contributed by atoms with Crippen LogP contribution in [0.2, 0.25) is 5.02 Å². The first-order chi connectivity index (χ1) is 8.32. The molecule has 0 aliphatic heterocycles. The average Bonchev–Trinajstić information content (AvgIpc) is 2.24. The van der Waals surface area contributed by atoms with E-state index in [1.807, 2.05) is 0 Å². The average molecular weight is 273 g/mol. The zero-order chi connectivity index (χ0) is 13.9. The zero-order valence-corrected chi connectivity index (χ0v) is 10.6. The molecule has 7 heteroatoms. The van der Waals surface area contributed by atoms with Gasteiger partial charge in [-0.1, -0.05) is 11.6 Å². The molecule has 0 saturated carbocycles. The number of aryl methyl sites for hydroxylation is 1. The molecule has 6 nitrogen and oxygen atoms in total. The van der Waals surface area contributed by atoms with E-state index in [-0.39, 0.29) is 10.6 Å². The highest BCUT2D eigenvalue weighted by Crippen LogP contribution is 2.15. The largest absolute Gasteiger partial charge is 0.480 e. The molecule has 1 heterocycles. The summed E-state index contributed by atoms with van der Waals surface area (Å²) >= 11 is 5.86. The highest BCUT2D eigenvalue weighted by Gasteiger charge is 2.26. The van der Waals surface area contributed by atoms with E-state index in [0.717, 1.165) is 0 Å². The van der Waals surface area contributed by atoms with E-state index in [9.17, 15) is 14.7 Å². The third-order valence-corrected chi connectivity index (χ3v) is 2.58. The SMILES string of the molecule is Cc1cc(Cl)c(C(=O)NC(C(=O)O)C(C)O)cn1. The Kier molecular flexibility index (Phi) is 4.63. The van der Waals surface area contributed by atoms with Crippen LogP contribution >= 0.6 is 11.6 Å². The van der Waals surface area contributed by atoms with Crippen molar-refractivity contribution in [1.82, 2.24) is 10.3 Å². The molecule has 18 heavy (non-hydrogen) atoms. The van der Waals surface area contributed by atoms with Crippen molar-refractivity contribution in [2.45, 2.75) is 26.0 Å². The lowest BCUT2D eigenvalue weighted by atomic mass is 10.1. The fourth-order valence-corrected chi connectivity index (χ4v) is 1.59. The summed E-state index contributed by atoms with van der Waals surface area (Å²) in [5.41, 5.74) is 0.705. The Bertz CT molecular complexity index is 476. The smallest absolute Gasteiger partial charge is 0.328 e. The molecule has 0 radical (unpaired) electrons. The van der Waals surface area contributed by atoms with Gasteiger partial charge in [0, 0.05) is 11.9 Å². The number of carbonyl (C=O) groups is 2. The standard InChI is InChI=1S/C11H13ClN2O4/c1-5-3-8(12)7(4-13-5)10(16)14-9(6(2)15)11(17)18/h3-4,6,9,15H,1-2H3,(H,14,16)(H,17,18). The lowest BCUT2D eigenvalue weighted by molar-refractivity contribution is -0.141. The van der Waals surface area contributed by atoms with E-state index in [1.54, 1.807) is 6.92 Å². The van der Waals surface area contributed by atoms with Crippen LogP contribution < -0.4 is 5.32 Å². The number of aliphatic hydroxyl groups is 1. The number of hydrogen-bond acceptors (Lipinski definition) is 4. The first kappa shape index (κ1) is 14.4. The highest BCUT2D eigenvalue weighted by molar-refractivity contribution is 6.33. The van der Waals surface area contributed by atoms with Crippen molar-refractivity contribution in [2.24, 2.45) is 0 Å². The van der Waals surface area contributed by atoms with Crippen LogP contribution in [0.15, 0.2) is 12.3 Å². The van der Waals surface area contributed by atoms with Crippen LogP contribution in [0.25, 0.3) is 0 Å². The molecule has 1 amide bonds. The molecule has 0 spiro atoms. The van der Waals surface area contributed by atoms with E-state index in [4.69, 9.17) is 16.7 Å². The maximum absolute atomic E-state index is 11.8. The Morgan fingerprint density at radius 3 is 2.56 bits per heavy atom. The summed E-state index contributed by atoms with van der Waals surface area (Å²) in [6.45, 7) is 2.98. The third kappa shape index (κ3) is 3.41. The molecule has 98 valence electrons. The number of amides is 1. The first-order valence-corrected chi connectivity index (χ1v) is 5.54. The molecule has 2 unspecified atom stereocenters. The number of carboxylic acid groups (broad SMARTS) is 1. The highest BCUT2D eigenvalue weighted by atomic mass is 35.5. The summed E-state index contributed by atoms with van der Waals surface area (Å²) < 4.78 is 0. The van der Waals surface area contributed by atoms with Crippen LogP contribution in [0.5, 0.6) is 0 Å². The first-order valence-electron chi connectivity index (χ1n) is 5.16. The van der Waals surface area contributed by atoms with E-state index < -0.39 is 24.0 Å². The minimum Gasteiger partial charge on any atom is -0.480 e. The monoisotopic (exact) mass is 272 g/mol. The lowest BCUT2D eigenvalue weighted by Crippen LogP contribution is -2.47. The van der Waals surface area contributed by atoms with Crippen molar-refractivity contribution in [2.75, 3.05) is 0 Å². The van der Waals surface area contributed by atoms with Crippen LogP contribution in [0.3, 0.4) is 0 Å². The Hall–Kier alpha value is -1.66. The quantitative estimate of drug-likeness (QED) is 0.746. The fraction of sp³-hybridized carbons (Fsp3) is 0.364. The topological polar surface area (TPSA) is 99.5 Å². The van der Waals surface area contributed by atoms with Crippen molar-refractivity contribution in [1.29, 1.82) is 0 Å². The number of carbonyl (C=O) groups excluding carboxylic acids is 1. The van der Waals surface area contributed by atoms with E-state index in [2.05, 4.69) is 10.3 Å². The Labute approximate surface area is 109 Å². The minimum absolute atomic E-state index is 0.0640. The second-order valence-corrected chi connectivity index (χ2v) is 4.24. The van der Waals surface area contributed by atoms with Gasteiger partial charge in [-0.2, -0.15) is 0 Å². The lowest BCUT2D eigenvalue weighted by Gasteiger charge is -2.17. The molecule has 0 aliphatic rings. The molecule has 0 aliphatic carbocycles. The number of nitrogens with one attached hydrogen (secondary N) is 1. The fourth-order valence-electron chi connectivity index (χ4n) is 1.30. The van der Waals surface area contributed by atoms with Crippen molar-refractivity contribution in [3.8, 4) is 0 Å². The summed E-state index contributed by atoms with van der Waals surface area (Å²) in [7, 11) is 0. The van der Waals surface area contributed by atoms with Gasteiger partial charge in [-0.05, 0) is 19.9 Å². The normalized spacial score (nSPS) is 13.8. The minimum atomic E-state index is -1.39. The summed E-state index contributed by atoms with van der Waals surface area (Å²) in [6.07, 6.45) is 0.0390. The van der Waals surface area contributed by atoms with E-state index >= 15 is 0 Å². The number of pyridine rings is 1. The van der Waals surface area contributed by atoms with E-state index in [1.165, 1.54) is 19.2 Å². The number of halogens is 1. The number of aromatic nitrogens is 1. The van der Waals surface area contributed by atoms with Gasteiger partial charge in [0.1, 0.15) is 0 Å². The molecule has 2 atom stereocenters. The van der Waals surface area contributed by atoms with Crippen LogP contribution in [0, 0.1) is 6.92 Å². The van der Waals surface area contributed by atoms with Gasteiger partial charge in [0.25, 0.3) is 5.91 Å². The Morgan fingerprint density at radius 2 is 2.11 bits per heavy atom. The summed E-state index contributed by atoms with van der Waals surface area (Å²) in [6, 6.07) is 0.101. The Morgan fingerprint density at radius 1 is 1.50 bits per heavy atom. The van der Waals surface area contributed by atoms with Crippen LogP contribution in [0.1, 0.15) is 23.0 Å². The van der Waals surface area contributed by atoms with Crippen molar-refractivity contribution in [3.63, 3.8) is 0 Å². The Balaban J connectivity index is 2.91. The summed E-state index contributed by atoms with van der Waals surface area (Å²) in [4.78, 5) is 26.5. The molecule has 0 bridgehead atoms. The molecular formula is C11H13ClN2O4. The number of aliphatic carboxylic acids is 1. The van der Waals surface area contributed by atoms with Gasteiger partial charge in [-0.15, -0.1) is 0 Å². The van der Waals surface area contributed by atoms with Crippen LogP contribution in [0.4, 0.5) is 0 Å². The van der Waals surface area contributed by atoms with Crippen LogP contribution in [-0.2, 0) is 4.79 Å². The number of rotatable bonds is 4. The van der Waals surface area contributed by atoms with Crippen molar-refractivity contribution < 1.29 is 19.8 Å². The van der Waals surface area contributed by atoms with Crippen LogP contribution in [-0.4, -0.2) is 39.2 Å². The number of nitrogens with zero attached hydrogens (tertiary/aromatic N) is 1. The van der Waals surface area contributed by atoms with Crippen molar-refractivity contribution >= 4 is 23.5 Å². The molecule has 0 saturated heterocycles. The molecular weight excluding hydrogens is 260 g/mol. The maximum Gasteiger partial charge on any atom is 0.328 e. The van der Waals surface area contributed by atoms with Gasteiger partial charge in [0.2, 0.25) is 0 Å². The molecule has 1 aromatic heterocycles. The van der Waals surface area contributed by atoms with Gasteiger partial charge in [0.15, 0.2) is 6.04 Å². The molecule has 0 aromatic carbocycles. The molecule has 1 aromatic rings. The summed E-state index contributed by atoms with van der Waals surface area (Å²) in [5, 5.41) is 20.4. The van der Waals surface area contributed by atoms with Gasteiger partial charge < -0.3 is 15.5 Å². The number of aliphatic hydroxyl groups excluding tert-OH is 1. The molecule has 3 N–H and O–H groups in total. The predicted octanol–water partition coefficient (Wildman–Crippen LogP) is 0.607. The summed E-state index contributed by atoms with van der Waals surface area (Å²) in [5.74, 6) is -2.02. The second kappa shape index (κ2) is 5.79. The maximum atomic E-state index is 11.8. The van der Waals surface area contributed by atoms with Gasteiger partial charge >= 0.3 is 5.97 Å². The third-order valence-electron chi connectivity index (χ3n) is 2.27. The zero-order valence-electron chi connectivity index (χ0n) is 9.85. The number of hydrogen-bond donors (Lipinski definition) is 3. The van der Waals surface area contributed by atoms with Gasteiger partial charge in [-0.3, -0.25) is 9.78 Å². The molecule has 1 rings (SSSR count). The van der Waals surface area contributed by atoms with Crippen molar-refractivity contribution in [3.05, 3.63) is 28.5 Å². The van der Waals surface area contributed by atoms with E-state index in [0.29, 0.717) is 5.69 Å². The number of carboxylic acids is 1. The molecule has 0 fully saturated rings. The second-order valence-electron chi connectivity index (χ2n) is 3.84. The predicted molar refractivity (Wildman–Crippen MR) is 64.6 cm³/mol.